The molecular weight excluding hydrogens is 184 g/mol. The zero-order valence-corrected chi connectivity index (χ0v) is 9.70. The number of rotatable bonds is 5. The van der Waals surface area contributed by atoms with Crippen LogP contribution in [-0.4, -0.2) is 6.10 Å². The summed E-state index contributed by atoms with van der Waals surface area (Å²) in [5, 5.41) is 0. The third kappa shape index (κ3) is 2.23. The molecule has 1 nitrogen and oxygen atoms in total. The van der Waals surface area contributed by atoms with E-state index in [2.05, 4.69) is 44.2 Å². The van der Waals surface area contributed by atoms with Gasteiger partial charge in [0.1, 0.15) is 5.60 Å². The number of hydrogen-bond donors (Lipinski definition) is 0. The van der Waals surface area contributed by atoms with E-state index in [-0.39, 0.29) is 5.60 Å². The maximum atomic E-state index is 5.84. The highest BCUT2D eigenvalue weighted by atomic mass is 16.6. The van der Waals surface area contributed by atoms with Crippen molar-refractivity contribution in [3.05, 3.63) is 35.9 Å². The first-order chi connectivity index (χ1) is 7.27. The van der Waals surface area contributed by atoms with Gasteiger partial charge in [-0.3, -0.25) is 0 Å². The summed E-state index contributed by atoms with van der Waals surface area (Å²) in [7, 11) is 0. The van der Waals surface area contributed by atoms with Gasteiger partial charge in [0.15, 0.2) is 0 Å². The van der Waals surface area contributed by atoms with Gasteiger partial charge in [0.25, 0.3) is 0 Å². The largest absolute Gasteiger partial charge is 0.361 e. The predicted molar refractivity (Wildman–Crippen MR) is 62.8 cm³/mol. The second kappa shape index (κ2) is 4.36. The lowest BCUT2D eigenvalue weighted by Gasteiger charge is -2.06. The van der Waals surface area contributed by atoms with Crippen LogP contribution in [0.15, 0.2) is 30.3 Å². The van der Waals surface area contributed by atoms with Crippen molar-refractivity contribution in [3.8, 4) is 0 Å². The highest BCUT2D eigenvalue weighted by Gasteiger charge is 2.52. The molecule has 1 aliphatic heterocycles. The number of benzene rings is 1. The smallest absolute Gasteiger partial charge is 0.117 e. The van der Waals surface area contributed by atoms with Crippen molar-refractivity contribution in [1.29, 1.82) is 0 Å². The predicted octanol–water partition coefficient (Wildman–Crippen LogP) is 3.88. The second-order valence-corrected chi connectivity index (χ2v) is 4.58. The molecule has 2 unspecified atom stereocenters. The molecule has 15 heavy (non-hydrogen) atoms. The van der Waals surface area contributed by atoms with Gasteiger partial charge in [-0.1, -0.05) is 56.5 Å². The second-order valence-electron chi connectivity index (χ2n) is 4.58. The van der Waals surface area contributed by atoms with E-state index >= 15 is 0 Å². The molecule has 1 fully saturated rings. The lowest BCUT2D eigenvalue weighted by molar-refractivity contribution is 0.307. The summed E-state index contributed by atoms with van der Waals surface area (Å²) in [6.45, 7) is 4.45. The Balaban J connectivity index is 1.90. The van der Waals surface area contributed by atoms with Crippen LogP contribution in [0.3, 0.4) is 0 Å². The van der Waals surface area contributed by atoms with E-state index in [9.17, 15) is 0 Å². The van der Waals surface area contributed by atoms with Crippen LogP contribution in [0.2, 0.25) is 0 Å². The zero-order valence-electron chi connectivity index (χ0n) is 9.70. The third-order valence-electron chi connectivity index (χ3n) is 3.36. The minimum Gasteiger partial charge on any atom is -0.361 e. The molecule has 1 aromatic rings. The van der Waals surface area contributed by atoms with Gasteiger partial charge in [0.2, 0.25) is 0 Å². The number of hydrogen-bond acceptors (Lipinski definition) is 1. The lowest BCUT2D eigenvalue weighted by atomic mass is 9.95. The molecule has 0 spiro atoms. The minimum atomic E-state index is 0.00893. The van der Waals surface area contributed by atoms with Gasteiger partial charge in [0, 0.05) is 0 Å². The first kappa shape index (κ1) is 10.7. The van der Waals surface area contributed by atoms with E-state index < -0.39 is 0 Å². The van der Waals surface area contributed by atoms with Crippen molar-refractivity contribution < 1.29 is 4.74 Å². The van der Waals surface area contributed by atoms with Gasteiger partial charge < -0.3 is 4.74 Å². The zero-order chi connectivity index (χ0) is 10.7. The van der Waals surface area contributed by atoms with E-state index in [0.717, 1.165) is 0 Å². The molecule has 1 heterocycles. The van der Waals surface area contributed by atoms with E-state index in [1.165, 1.54) is 31.2 Å². The van der Waals surface area contributed by atoms with Crippen LogP contribution >= 0.6 is 0 Å². The molecule has 1 heteroatoms. The summed E-state index contributed by atoms with van der Waals surface area (Å²) in [6.07, 6.45) is 5.56. The van der Waals surface area contributed by atoms with Crippen LogP contribution in [0.5, 0.6) is 0 Å². The molecule has 2 atom stereocenters. The molecule has 1 saturated heterocycles. The van der Waals surface area contributed by atoms with E-state index in [1.54, 1.807) is 0 Å². The quantitative estimate of drug-likeness (QED) is 0.524. The molecule has 0 N–H and O–H groups in total. The number of unbranched alkanes of at least 4 members (excludes halogenated alkanes) is 2. The molecule has 2 rings (SSSR count). The van der Waals surface area contributed by atoms with Crippen molar-refractivity contribution in [2.45, 2.75) is 51.2 Å². The van der Waals surface area contributed by atoms with Gasteiger partial charge in [-0.25, -0.2) is 0 Å². The highest BCUT2D eigenvalue weighted by molar-refractivity contribution is 5.27. The summed E-state index contributed by atoms with van der Waals surface area (Å²) in [4.78, 5) is 0. The summed E-state index contributed by atoms with van der Waals surface area (Å²) in [6, 6.07) is 10.6. The van der Waals surface area contributed by atoms with Gasteiger partial charge in [-0.15, -0.1) is 0 Å². The van der Waals surface area contributed by atoms with Gasteiger partial charge in [-0.05, 0) is 18.9 Å². The Hall–Kier alpha value is -0.820. The van der Waals surface area contributed by atoms with E-state index in [4.69, 9.17) is 4.74 Å². The summed E-state index contributed by atoms with van der Waals surface area (Å²) >= 11 is 0. The Morgan fingerprint density at radius 3 is 2.60 bits per heavy atom. The molecule has 0 saturated carbocycles. The fourth-order valence-electron chi connectivity index (χ4n) is 2.20. The minimum absolute atomic E-state index is 0.00893. The van der Waals surface area contributed by atoms with Gasteiger partial charge >= 0.3 is 0 Å². The summed E-state index contributed by atoms with van der Waals surface area (Å²) in [5.74, 6) is 0. The van der Waals surface area contributed by atoms with E-state index in [0.29, 0.717) is 6.10 Å². The molecule has 0 aliphatic carbocycles. The third-order valence-corrected chi connectivity index (χ3v) is 3.36. The van der Waals surface area contributed by atoms with Crippen molar-refractivity contribution >= 4 is 0 Å². The lowest BCUT2D eigenvalue weighted by Crippen LogP contribution is -2.07. The summed E-state index contributed by atoms with van der Waals surface area (Å²) < 4.78 is 5.84. The monoisotopic (exact) mass is 204 g/mol. The molecule has 0 aromatic heterocycles. The van der Waals surface area contributed by atoms with Crippen LogP contribution in [0, 0.1) is 0 Å². The normalized spacial score (nSPS) is 29.1. The van der Waals surface area contributed by atoms with Crippen LogP contribution < -0.4 is 0 Å². The molecule has 0 radical (unpaired) electrons. The maximum Gasteiger partial charge on any atom is 0.117 e. The Morgan fingerprint density at radius 2 is 1.93 bits per heavy atom. The first-order valence-electron chi connectivity index (χ1n) is 6.00. The molecule has 0 amide bonds. The van der Waals surface area contributed by atoms with Gasteiger partial charge in [0.05, 0.1) is 6.10 Å². The number of ether oxygens (including phenoxy) is 1. The maximum absolute atomic E-state index is 5.84. The fourth-order valence-corrected chi connectivity index (χ4v) is 2.20. The Kier molecular flexibility index (Phi) is 3.11. The number of epoxide rings is 1. The van der Waals surface area contributed by atoms with Crippen LogP contribution in [0.25, 0.3) is 0 Å². The standard InChI is InChI=1S/C14H20O/c1-3-4-6-11-13-14(2,15-13)12-9-7-5-8-10-12/h5,7-10,13H,3-4,6,11H2,1-2H3. The summed E-state index contributed by atoms with van der Waals surface area (Å²) in [5.41, 5.74) is 1.33. The van der Waals surface area contributed by atoms with Crippen molar-refractivity contribution in [1.82, 2.24) is 0 Å². The Bertz CT molecular complexity index is 306. The first-order valence-corrected chi connectivity index (χ1v) is 6.00. The molecule has 0 bridgehead atoms. The van der Waals surface area contributed by atoms with Crippen molar-refractivity contribution in [2.75, 3.05) is 0 Å². The van der Waals surface area contributed by atoms with Crippen LogP contribution in [0.1, 0.15) is 45.1 Å². The Morgan fingerprint density at radius 1 is 1.20 bits per heavy atom. The fraction of sp³-hybridized carbons (Fsp3) is 0.571. The molecular formula is C14H20O. The average Bonchev–Trinajstić information content (AvgIpc) is 2.93. The highest BCUT2D eigenvalue weighted by Crippen LogP contribution is 2.48. The van der Waals surface area contributed by atoms with Crippen molar-refractivity contribution in [3.63, 3.8) is 0 Å². The van der Waals surface area contributed by atoms with Crippen LogP contribution in [-0.2, 0) is 10.3 Å². The average molecular weight is 204 g/mol. The van der Waals surface area contributed by atoms with Crippen LogP contribution in [0.4, 0.5) is 0 Å². The molecule has 1 aliphatic rings. The molecule has 82 valence electrons. The Labute approximate surface area is 92.5 Å². The molecule has 1 aromatic carbocycles. The SMILES string of the molecule is CCCCCC1OC1(C)c1ccccc1. The van der Waals surface area contributed by atoms with E-state index in [1.807, 2.05) is 0 Å². The van der Waals surface area contributed by atoms with Crippen molar-refractivity contribution in [2.24, 2.45) is 0 Å². The topological polar surface area (TPSA) is 12.5 Å². The van der Waals surface area contributed by atoms with Gasteiger partial charge in [-0.2, -0.15) is 0 Å².